The molecule has 1 unspecified atom stereocenters. The van der Waals surface area contributed by atoms with Crippen LogP contribution in [-0.2, 0) is 0 Å². The van der Waals surface area contributed by atoms with Crippen molar-refractivity contribution < 1.29 is 9.72 Å². The van der Waals surface area contributed by atoms with Gasteiger partial charge in [-0.3, -0.25) is 20.8 Å². The van der Waals surface area contributed by atoms with E-state index in [2.05, 4.69) is 10.7 Å². The molecule has 0 heterocycles. The Hall–Kier alpha value is -1.80. The second-order valence-electron chi connectivity index (χ2n) is 4.29. The molecule has 8 heteroatoms. The number of benzene rings is 1. The van der Waals surface area contributed by atoms with Crippen molar-refractivity contribution in [1.82, 2.24) is 5.32 Å². The van der Waals surface area contributed by atoms with Gasteiger partial charge < -0.3 is 10.7 Å². The first-order valence-corrected chi connectivity index (χ1v) is 7.43. The van der Waals surface area contributed by atoms with Crippen LogP contribution in [-0.4, -0.2) is 28.9 Å². The second-order valence-corrected chi connectivity index (χ2v) is 5.27. The number of carbonyl (C=O) groups excluding carboxylic acids is 1. The van der Waals surface area contributed by atoms with E-state index in [1.165, 1.54) is 18.2 Å². The normalized spacial score (nSPS) is 11.8. The number of nitrogens with two attached hydrogens (primary N) is 1. The molecule has 110 valence electrons. The van der Waals surface area contributed by atoms with Gasteiger partial charge in [-0.05, 0) is 37.5 Å². The van der Waals surface area contributed by atoms with Crippen LogP contribution >= 0.6 is 11.8 Å². The molecular formula is C12H18N4O3S. The lowest BCUT2D eigenvalue weighted by atomic mass is 10.1. The number of hydrogen-bond donors (Lipinski definition) is 3. The Morgan fingerprint density at radius 3 is 2.80 bits per heavy atom. The van der Waals surface area contributed by atoms with Crippen molar-refractivity contribution in [3.05, 3.63) is 33.9 Å². The van der Waals surface area contributed by atoms with E-state index in [-0.39, 0.29) is 28.9 Å². The van der Waals surface area contributed by atoms with Crippen LogP contribution in [0.4, 0.5) is 11.4 Å². The average Bonchev–Trinajstić information content (AvgIpc) is 2.44. The highest BCUT2D eigenvalue weighted by Gasteiger charge is 2.17. The van der Waals surface area contributed by atoms with E-state index in [1.54, 1.807) is 11.8 Å². The molecular weight excluding hydrogens is 280 g/mol. The highest BCUT2D eigenvalue weighted by atomic mass is 32.2. The topological polar surface area (TPSA) is 110 Å². The number of hydrogen-bond acceptors (Lipinski definition) is 6. The molecule has 0 aromatic heterocycles. The average molecular weight is 298 g/mol. The van der Waals surface area contributed by atoms with Gasteiger partial charge in [-0.1, -0.05) is 0 Å². The number of nitrogens with one attached hydrogen (secondary N) is 2. The van der Waals surface area contributed by atoms with Gasteiger partial charge in [0, 0.05) is 17.7 Å². The summed E-state index contributed by atoms with van der Waals surface area (Å²) in [7, 11) is 0. The molecule has 1 rings (SSSR count). The zero-order valence-corrected chi connectivity index (χ0v) is 12.2. The highest BCUT2D eigenvalue weighted by Crippen LogP contribution is 2.24. The Labute approximate surface area is 121 Å². The molecule has 4 N–H and O–H groups in total. The fourth-order valence-corrected chi connectivity index (χ4v) is 2.21. The lowest BCUT2D eigenvalue weighted by Crippen LogP contribution is -2.33. The maximum atomic E-state index is 12.0. The lowest BCUT2D eigenvalue weighted by Gasteiger charge is -2.13. The minimum Gasteiger partial charge on any atom is -0.350 e. The van der Waals surface area contributed by atoms with Gasteiger partial charge in [0.15, 0.2) is 0 Å². The molecule has 0 saturated carbocycles. The fourth-order valence-electron chi connectivity index (χ4n) is 1.62. The van der Waals surface area contributed by atoms with E-state index < -0.39 is 4.92 Å². The van der Waals surface area contributed by atoms with Gasteiger partial charge in [0.1, 0.15) is 5.69 Å². The Bertz CT molecular complexity index is 496. The molecule has 0 fully saturated rings. The van der Waals surface area contributed by atoms with Crippen molar-refractivity contribution >= 4 is 29.0 Å². The molecule has 1 amide bonds. The summed E-state index contributed by atoms with van der Waals surface area (Å²) in [5.41, 5.74) is 2.42. The number of nitrogen functional groups attached to an aromatic ring is 1. The molecule has 7 nitrogen and oxygen atoms in total. The second kappa shape index (κ2) is 7.71. The molecule has 0 aliphatic rings. The predicted octanol–water partition coefficient (Wildman–Crippen LogP) is 1.75. The summed E-state index contributed by atoms with van der Waals surface area (Å²) < 4.78 is 0. The number of nitrogens with zero attached hydrogens (tertiary/aromatic N) is 1. The zero-order valence-electron chi connectivity index (χ0n) is 11.4. The van der Waals surface area contributed by atoms with E-state index >= 15 is 0 Å². The summed E-state index contributed by atoms with van der Waals surface area (Å²) in [4.78, 5) is 22.3. The smallest absolute Gasteiger partial charge is 0.294 e. The molecule has 1 aromatic rings. The van der Waals surface area contributed by atoms with Gasteiger partial charge >= 0.3 is 0 Å². The van der Waals surface area contributed by atoms with Crippen molar-refractivity contribution in [3.8, 4) is 0 Å². The summed E-state index contributed by atoms with van der Waals surface area (Å²) in [6.45, 7) is 1.90. The van der Waals surface area contributed by atoms with E-state index in [0.29, 0.717) is 0 Å². The lowest BCUT2D eigenvalue weighted by molar-refractivity contribution is -0.384. The Morgan fingerprint density at radius 1 is 1.55 bits per heavy atom. The van der Waals surface area contributed by atoms with Crippen molar-refractivity contribution in [3.63, 3.8) is 0 Å². The zero-order chi connectivity index (χ0) is 15.1. The van der Waals surface area contributed by atoms with Crippen LogP contribution in [0.1, 0.15) is 23.7 Å². The van der Waals surface area contributed by atoms with Crippen LogP contribution in [0, 0.1) is 10.1 Å². The van der Waals surface area contributed by atoms with E-state index in [4.69, 9.17) is 5.84 Å². The molecule has 0 spiro atoms. The number of rotatable bonds is 7. The van der Waals surface area contributed by atoms with Crippen LogP contribution < -0.4 is 16.6 Å². The van der Waals surface area contributed by atoms with Crippen LogP contribution in [0.3, 0.4) is 0 Å². The molecule has 0 aliphatic heterocycles. The Balaban J connectivity index is 2.83. The molecule has 20 heavy (non-hydrogen) atoms. The van der Waals surface area contributed by atoms with Gasteiger partial charge in [-0.15, -0.1) is 0 Å². The highest BCUT2D eigenvalue weighted by molar-refractivity contribution is 7.98. The Kier molecular flexibility index (Phi) is 6.26. The predicted molar refractivity (Wildman–Crippen MR) is 80.8 cm³/mol. The summed E-state index contributed by atoms with van der Waals surface area (Å²) in [5, 5.41) is 13.7. The monoisotopic (exact) mass is 298 g/mol. The minimum absolute atomic E-state index is 0.0151. The van der Waals surface area contributed by atoms with Gasteiger partial charge in [0.25, 0.3) is 11.6 Å². The van der Waals surface area contributed by atoms with Crippen molar-refractivity contribution in [1.29, 1.82) is 0 Å². The molecule has 1 atom stereocenters. The Morgan fingerprint density at radius 2 is 2.25 bits per heavy atom. The number of hydrazine groups is 1. The minimum atomic E-state index is -0.580. The maximum Gasteiger partial charge on any atom is 0.294 e. The van der Waals surface area contributed by atoms with Crippen molar-refractivity contribution in [2.24, 2.45) is 5.84 Å². The van der Waals surface area contributed by atoms with Crippen LogP contribution in [0.5, 0.6) is 0 Å². The third kappa shape index (κ3) is 4.39. The summed E-state index contributed by atoms with van der Waals surface area (Å²) in [6.07, 6.45) is 2.84. The molecule has 1 aromatic carbocycles. The number of anilines is 1. The van der Waals surface area contributed by atoms with Gasteiger partial charge in [0.2, 0.25) is 0 Å². The van der Waals surface area contributed by atoms with Gasteiger partial charge in [-0.25, -0.2) is 0 Å². The standard InChI is InChI=1S/C12H18N4O3S/c1-8(5-6-20-2)14-12(17)9-3-4-10(15-13)11(7-9)16(18)19/h3-4,7-8,15H,5-6,13H2,1-2H3,(H,14,17). The first kappa shape index (κ1) is 16.3. The van der Waals surface area contributed by atoms with Gasteiger partial charge in [0.05, 0.1) is 4.92 Å². The fraction of sp³-hybridized carbons (Fsp3) is 0.417. The molecule has 0 radical (unpaired) electrons. The molecule has 0 bridgehead atoms. The largest absolute Gasteiger partial charge is 0.350 e. The van der Waals surface area contributed by atoms with Crippen LogP contribution in [0.2, 0.25) is 0 Å². The number of carbonyl (C=O) groups is 1. The maximum absolute atomic E-state index is 12.0. The van der Waals surface area contributed by atoms with Gasteiger partial charge in [-0.2, -0.15) is 11.8 Å². The molecule has 0 saturated heterocycles. The van der Waals surface area contributed by atoms with E-state index in [1.807, 2.05) is 13.2 Å². The first-order chi connectivity index (χ1) is 9.49. The third-order valence-electron chi connectivity index (χ3n) is 2.74. The van der Waals surface area contributed by atoms with Crippen molar-refractivity contribution in [2.75, 3.05) is 17.4 Å². The number of nitro benzene ring substituents is 1. The SMILES string of the molecule is CSCCC(C)NC(=O)c1ccc(NN)c([N+](=O)[O-])c1. The van der Waals surface area contributed by atoms with Crippen LogP contribution in [0.15, 0.2) is 18.2 Å². The molecule has 0 aliphatic carbocycles. The van der Waals surface area contributed by atoms with E-state index in [9.17, 15) is 14.9 Å². The summed E-state index contributed by atoms with van der Waals surface area (Å²) in [5.74, 6) is 5.81. The number of amides is 1. The van der Waals surface area contributed by atoms with Crippen LogP contribution in [0.25, 0.3) is 0 Å². The summed E-state index contributed by atoms with van der Waals surface area (Å²) >= 11 is 1.70. The third-order valence-corrected chi connectivity index (χ3v) is 3.39. The first-order valence-electron chi connectivity index (χ1n) is 6.04. The number of nitro groups is 1. The quantitative estimate of drug-likeness (QED) is 0.402. The van der Waals surface area contributed by atoms with Crippen molar-refractivity contribution in [2.45, 2.75) is 19.4 Å². The summed E-state index contributed by atoms with van der Waals surface area (Å²) in [6, 6.07) is 4.14. The van der Waals surface area contributed by atoms with E-state index in [0.717, 1.165) is 12.2 Å². The number of thioether (sulfide) groups is 1.